The Hall–Kier alpha value is -2.14. The van der Waals surface area contributed by atoms with E-state index >= 15 is 0 Å². The van der Waals surface area contributed by atoms with Gasteiger partial charge in [0, 0.05) is 31.7 Å². The number of amides is 1. The maximum Gasteiger partial charge on any atom is 0.405 e. The van der Waals surface area contributed by atoms with E-state index in [2.05, 4.69) is 15.3 Å². The molecule has 2 aromatic heterocycles. The smallest absolute Gasteiger partial charge is 0.405 e. The molecule has 0 spiro atoms. The van der Waals surface area contributed by atoms with E-state index in [4.69, 9.17) is 33.0 Å². The van der Waals surface area contributed by atoms with Gasteiger partial charge in [-0.05, 0) is 30.5 Å². The lowest BCUT2D eigenvalue weighted by molar-refractivity contribution is 0.130. The molecule has 2 N–H and O–H groups in total. The van der Waals surface area contributed by atoms with Gasteiger partial charge < -0.3 is 15.2 Å². The summed E-state index contributed by atoms with van der Waals surface area (Å²) in [5.74, 6) is -0.147. The lowest BCUT2D eigenvalue weighted by Crippen LogP contribution is -2.45. The second kappa shape index (κ2) is 9.78. The van der Waals surface area contributed by atoms with E-state index in [0.717, 1.165) is 0 Å². The first-order valence-corrected chi connectivity index (χ1v) is 11.5. The van der Waals surface area contributed by atoms with E-state index < -0.39 is 27.9 Å². The van der Waals surface area contributed by atoms with Gasteiger partial charge in [-0.3, -0.25) is 4.98 Å². The summed E-state index contributed by atoms with van der Waals surface area (Å²) >= 11 is 11.9. The SMILES string of the molecule is O=C(O)N[C@@H](CS(=O)(=O)N1CCC(Oc2ncc(Cl)cc2Cl)CC1)c1cccnc1. The van der Waals surface area contributed by atoms with Crippen LogP contribution in [-0.4, -0.2) is 58.8 Å². The molecule has 30 heavy (non-hydrogen) atoms. The van der Waals surface area contributed by atoms with Crippen molar-refractivity contribution in [3.05, 3.63) is 52.4 Å². The first-order chi connectivity index (χ1) is 14.2. The number of nitrogens with zero attached hydrogens (tertiary/aromatic N) is 3. The molecular weight excluding hydrogens is 455 g/mol. The third-order valence-electron chi connectivity index (χ3n) is 4.61. The average molecular weight is 475 g/mol. The van der Waals surface area contributed by atoms with Crippen LogP contribution in [-0.2, 0) is 10.0 Å². The molecule has 162 valence electrons. The van der Waals surface area contributed by atoms with Crippen LogP contribution >= 0.6 is 23.2 Å². The lowest BCUT2D eigenvalue weighted by Gasteiger charge is -2.32. The van der Waals surface area contributed by atoms with Crippen molar-refractivity contribution in [2.24, 2.45) is 0 Å². The number of carbonyl (C=O) groups is 1. The van der Waals surface area contributed by atoms with E-state index in [0.29, 0.717) is 23.4 Å². The molecule has 1 amide bonds. The van der Waals surface area contributed by atoms with E-state index in [1.807, 2.05) is 0 Å². The molecule has 0 bridgehead atoms. The molecule has 0 aliphatic carbocycles. The highest BCUT2D eigenvalue weighted by molar-refractivity contribution is 7.89. The van der Waals surface area contributed by atoms with Crippen LogP contribution in [0.25, 0.3) is 0 Å². The van der Waals surface area contributed by atoms with Crippen LogP contribution in [0.15, 0.2) is 36.8 Å². The van der Waals surface area contributed by atoms with Crippen molar-refractivity contribution in [1.29, 1.82) is 0 Å². The van der Waals surface area contributed by atoms with Gasteiger partial charge in [-0.25, -0.2) is 22.5 Å². The van der Waals surface area contributed by atoms with Crippen LogP contribution in [0.1, 0.15) is 24.4 Å². The van der Waals surface area contributed by atoms with Gasteiger partial charge in [-0.15, -0.1) is 0 Å². The highest BCUT2D eigenvalue weighted by Crippen LogP contribution is 2.28. The minimum Gasteiger partial charge on any atom is -0.473 e. The summed E-state index contributed by atoms with van der Waals surface area (Å²) in [6.07, 6.45) is 3.75. The topological polar surface area (TPSA) is 122 Å². The van der Waals surface area contributed by atoms with Gasteiger partial charge in [0.15, 0.2) is 0 Å². The molecule has 0 radical (unpaired) electrons. The van der Waals surface area contributed by atoms with Gasteiger partial charge in [-0.1, -0.05) is 29.3 Å². The number of pyridine rings is 2. The number of hydrogen-bond donors (Lipinski definition) is 2. The Morgan fingerprint density at radius 1 is 1.33 bits per heavy atom. The zero-order valence-corrected chi connectivity index (χ0v) is 18.1. The summed E-state index contributed by atoms with van der Waals surface area (Å²) in [7, 11) is -3.72. The third-order valence-corrected chi connectivity index (χ3v) is 6.99. The second-order valence-corrected chi connectivity index (χ2v) is 9.58. The predicted octanol–water partition coefficient (Wildman–Crippen LogP) is 2.97. The maximum absolute atomic E-state index is 12.9. The Balaban J connectivity index is 1.62. The fraction of sp³-hybridized carbons (Fsp3) is 0.389. The van der Waals surface area contributed by atoms with Crippen LogP contribution in [0.2, 0.25) is 10.0 Å². The highest BCUT2D eigenvalue weighted by atomic mass is 35.5. The first kappa shape index (κ1) is 22.5. The Bertz CT molecular complexity index is 985. The summed E-state index contributed by atoms with van der Waals surface area (Å²) in [6.45, 7) is 0.482. The van der Waals surface area contributed by atoms with Crippen LogP contribution in [0.4, 0.5) is 4.79 Å². The van der Waals surface area contributed by atoms with Crippen LogP contribution in [0.5, 0.6) is 5.88 Å². The first-order valence-electron chi connectivity index (χ1n) is 9.09. The molecule has 1 fully saturated rings. The number of ether oxygens (including phenoxy) is 1. The monoisotopic (exact) mass is 474 g/mol. The van der Waals surface area contributed by atoms with Gasteiger partial charge in [0.2, 0.25) is 15.9 Å². The summed E-state index contributed by atoms with van der Waals surface area (Å²) in [5.41, 5.74) is 0.477. The molecule has 3 rings (SSSR count). The van der Waals surface area contributed by atoms with Crippen LogP contribution in [0, 0.1) is 0 Å². The summed E-state index contributed by atoms with van der Waals surface area (Å²) < 4.78 is 32.9. The van der Waals surface area contributed by atoms with Gasteiger partial charge in [0.05, 0.1) is 16.8 Å². The molecule has 0 aromatic carbocycles. The van der Waals surface area contributed by atoms with Crippen LogP contribution < -0.4 is 10.1 Å². The minimum absolute atomic E-state index is 0.241. The van der Waals surface area contributed by atoms with Crippen molar-refractivity contribution in [2.75, 3.05) is 18.8 Å². The maximum atomic E-state index is 12.9. The summed E-state index contributed by atoms with van der Waals surface area (Å²) in [4.78, 5) is 19.1. The number of sulfonamides is 1. The molecule has 1 aliphatic rings. The van der Waals surface area contributed by atoms with Crippen molar-refractivity contribution in [3.8, 4) is 5.88 Å². The molecule has 1 atom stereocenters. The van der Waals surface area contributed by atoms with E-state index in [9.17, 15) is 13.2 Å². The van der Waals surface area contributed by atoms with Gasteiger partial charge >= 0.3 is 6.09 Å². The van der Waals surface area contributed by atoms with Crippen molar-refractivity contribution < 1.29 is 23.1 Å². The molecule has 12 heteroatoms. The lowest BCUT2D eigenvalue weighted by atomic mass is 10.1. The number of hydrogen-bond acceptors (Lipinski definition) is 6. The second-order valence-electron chi connectivity index (χ2n) is 6.72. The molecule has 0 saturated carbocycles. The quantitative estimate of drug-likeness (QED) is 0.632. The van der Waals surface area contributed by atoms with E-state index in [1.165, 1.54) is 29.0 Å². The number of aromatic nitrogens is 2. The van der Waals surface area contributed by atoms with Crippen molar-refractivity contribution in [2.45, 2.75) is 25.0 Å². The van der Waals surface area contributed by atoms with Gasteiger partial charge in [0.1, 0.15) is 11.1 Å². The zero-order valence-electron chi connectivity index (χ0n) is 15.7. The number of carboxylic acid groups (broad SMARTS) is 1. The molecule has 0 unspecified atom stereocenters. The molecule has 3 heterocycles. The Kier molecular flexibility index (Phi) is 7.35. The standard InChI is InChI=1S/C18H20Cl2N4O5S/c19-13-8-15(20)17(22-10-13)29-14-3-6-24(7-4-14)30(27,28)11-16(23-18(25)26)12-2-1-5-21-9-12/h1-2,5,8-10,14,16,23H,3-4,6-7,11H2,(H,25,26)/t16-/m0/s1. The van der Waals surface area contributed by atoms with Gasteiger partial charge in [-0.2, -0.15) is 0 Å². The third kappa shape index (κ3) is 5.94. The average Bonchev–Trinajstić information content (AvgIpc) is 2.70. The normalized spacial score (nSPS) is 16.7. The molecule has 2 aromatic rings. The number of nitrogens with one attached hydrogen (secondary N) is 1. The minimum atomic E-state index is -3.72. The molecule has 1 aliphatic heterocycles. The van der Waals surface area contributed by atoms with E-state index in [-0.39, 0.29) is 30.1 Å². The predicted molar refractivity (Wildman–Crippen MR) is 111 cm³/mol. The Morgan fingerprint density at radius 3 is 2.67 bits per heavy atom. The molecule has 9 nitrogen and oxygen atoms in total. The Morgan fingerprint density at radius 2 is 2.07 bits per heavy atom. The van der Waals surface area contributed by atoms with Crippen molar-refractivity contribution >= 4 is 39.3 Å². The highest BCUT2D eigenvalue weighted by Gasteiger charge is 2.32. The summed E-state index contributed by atoms with van der Waals surface area (Å²) in [5, 5.41) is 12.0. The number of piperidine rings is 1. The largest absolute Gasteiger partial charge is 0.473 e. The van der Waals surface area contributed by atoms with Gasteiger partial charge in [0.25, 0.3) is 0 Å². The molecule has 1 saturated heterocycles. The summed E-state index contributed by atoms with van der Waals surface area (Å²) in [6, 6.07) is 3.86. The van der Waals surface area contributed by atoms with Crippen molar-refractivity contribution in [1.82, 2.24) is 19.6 Å². The van der Waals surface area contributed by atoms with Crippen molar-refractivity contribution in [3.63, 3.8) is 0 Å². The fourth-order valence-corrected chi connectivity index (χ4v) is 5.24. The number of halogens is 2. The fourth-order valence-electron chi connectivity index (χ4n) is 3.14. The van der Waals surface area contributed by atoms with E-state index in [1.54, 1.807) is 12.1 Å². The zero-order chi connectivity index (χ0) is 21.7. The van der Waals surface area contributed by atoms with Crippen LogP contribution in [0.3, 0.4) is 0 Å². The Labute approximate surface area is 184 Å². The molecular formula is C18H20Cl2N4O5S. The number of rotatable bonds is 7.